The number of nitrogens with zero attached hydrogens (tertiary/aromatic N) is 3. The van der Waals surface area contributed by atoms with Gasteiger partial charge in [0, 0.05) is 25.3 Å². The zero-order chi connectivity index (χ0) is 14.9. The van der Waals surface area contributed by atoms with Crippen molar-refractivity contribution in [1.82, 2.24) is 14.7 Å². The van der Waals surface area contributed by atoms with Gasteiger partial charge < -0.3 is 10.0 Å². The van der Waals surface area contributed by atoms with Gasteiger partial charge >= 0.3 is 0 Å². The van der Waals surface area contributed by atoms with Crippen molar-refractivity contribution in [2.45, 2.75) is 46.8 Å². The van der Waals surface area contributed by atoms with Gasteiger partial charge in [-0.05, 0) is 25.2 Å². The normalized spacial score (nSPS) is 23.4. The second-order valence-electron chi connectivity index (χ2n) is 6.30. The van der Waals surface area contributed by atoms with Crippen molar-refractivity contribution in [3.63, 3.8) is 0 Å². The van der Waals surface area contributed by atoms with Crippen LogP contribution in [0.1, 0.15) is 43.2 Å². The number of hydrogen-bond acceptors (Lipinski definition) is 3. The molecule has 1 N–H and O–H groups in total. The lowest BCUT2D eigenvalue weighted by atomic mass is 9.95. The second-order valence-corrected chi connectivity index (χ2v) is 6.30. The highest BCUT2D eigenvalue weighted by Gasteiger charge is 2.29. The fraction of sp³-hybridized carbons (Fsp3) is 0.733. The molecule has 0 saturated carbocycles. The molecular formula is C15H25N3O2. The second kappa shape index (κ2) is 5.95. The van der Waals surface area contributed by atoms with Gasteiger partial charge in [-0.25, -0.2) is 0 Å². The highest BCUT2D eigenvalue weighted by Crippen LogP contribution is 2.20. The van der Waals surface area contributed by atoms with Crippen LogP contribution in [0.15, 0.2) is 6.20 Å². The van der Waals surface area contributed by atoms with Gasteiger partial charge in [0.2, 0.25) is 0 Å². The minimum absolute atomic E-state index is 0.0107. The fourth-order valence-corrected chi connectivity index (χ4v) is 2.59. The third-order valence-electron chi connectivity index (χ3n) is 4.08. The molecule has 0 bridgehead atoms. The number of β-amino-alcohol motifs (C(OH)–C–C–N with tert-alkyl or cyclic N) is 1. The first-order chi connectivity index (χ1) is 9.40. The summed E-state index contributed by atoms with van der Waals surface area (Å²) in [6, 6.07) is 0. The van der Waals surface area contributed by atoms with Crippen LogP contribution >= 0.6 is 0 Å². The standard InChI is InChI=1S/C15H25N3O2/c1-10(2)8-18-12(4)13(7-16-18)15(20)17-6-5-11(3)14(19)9-17/h7,10-11,14,19H,5-6,8-9H2,1-4H3. The maximum atomic E-state index is 12.5. The van der Waals surface area contributed by atoms with Gasteiger partial charge in [0.15, 0.2) is 0 Å². The number of rotatable bonds is 3. The average Bonchev–Trinajstić information content (AvgIpc) is 2.73. The molecule has 1 aromatic rings. The van der Waals surface area contributed by atoms with Crippen LogP contribution in [0.2, 0.25) is 0 Å². The molecule has 5 heteroatoms. The molecule has 5 nitrogen and oxygen atoms in total. The lowest BCUT2D eigenvalue weighted by molar-refractivity contribution is 0.0248. The van der Waals surface area contributed by atoms with Crippen molar-refractivity contribution >= 4 is 5.91 Å². The smallest absolute Gasteiger partial charge is 0.257 e. The molecule has 20 heavy (non-hydrogen) atoms. The van der Waals surface area contributed by atoms with Gasteiger partial charge in [-0.15, -0.1) is 0 Å². The highest BCUT2D eigenvalue weighted by molar-refractivity contribution is 5.95. The van der Waals surface area contributed by atoms with E-state index in [0.29, 0.717) is 24.6 Å². The van der Waals surface area contributed by atoms with E-state index < -0.39 is 6.10 Å². The predicted molar refractivity (Wildman–Crippen MR) is 77.5 cm³/mol. The number of aromatic nitrogens is 2. The van der Waals surface area contributed by atoms with Gasteiger partial charge in [-0.3, -0.25) is 9.48 Å². The van der Waals surface area contributed by atoms with E-state index in [1.54, 1.807) is 11.1 Å². The zero-order valence-corrected chi connectivity index (χ0v) is 12.8. The maximum Gasteiger partial charge on any atom is 0.257 e. The molecule has 1 amide bonds. The van der Waals surface area contributed by atoms with Crippen molar-refractivity contribution < 1.29 is 9.90 Å². The molecule has 0 aliphatic carbocycles. The quantitative estimate of drug-likeness (QED) is 0.916. The van der Waals surface area contributed by atoms with Gasteiger partial charge in [0.25, 0.3) is 5.91 Å². The predicted octanol–water partition coefficient (Wildman–Crippen LogP) is 1.69. The van der Waals surface area contributed by atoms with Crippen LogP contribution in [0, 0.1) is 18.8 Å². The van der Waals surface area contributed by atoms with Crippen LogP contribution in [0.3, 0.4) is 0 Å². The minimum Gasteiger partial charge on any atom is -0.391 e. The van der Waals surface area contributed by atoms with Gasteiger partial charge in [-0.2, -0.15) is 5.10 Å². The lowest BCUT2D eigenvalue weighted by Gasteiger charge is -2.34. The molecular weight excluding hydrogens is 254 g/mol. The largest absolute Gasteiger partial charge is 0.391 e. The molecule has 2 rings (SSSR count). The van der Waals surface area contributed by atoms with E-state index in [9.17, 15) is 9.90 Å². The van der Waals surface area contributed by atoms with E-state index in [0.717, 1.165) is 18.7 Å². The summed E-state index contributed by atoms with van der Waals surface area (Å²) in [6.45, 7) is 10.2. The summed E-state index contributed by atoms with van der Waals surface area (Å²) >= 11 is 0. The fourth-order valence-electron chi connectivity index (χ4n) is 2.59. The van der Waals surface area contributed by atoms with Crippen LogP contribution in [0.4, 0.5) is 0 Å². The first-order valence-corrected chi connectivity index (χ1v) is 7.40. The molecule has 2 atom stereocenters. The van der Waals surface area contributed by atoms with Crippen molar-refractivity contribution in [1.29, 1.82) is 0 Å². The summed E-state index contributed by atoms with van der Waals surface area (Å²) in [4.78, 5) is 14.3. The number of hydrogen-bond donors (Lipinski definition) is 1. The van der Waals surface area contributed by atoms with E-state index in [4.69, 9.17) is 0 Å². The number of carbonyl (C=O) groups excluding carboxylic acids is 1. The molecule has 1 aliphatic heterocycles. The first kappa shape index (κ1) is 15.0. The third kappa shape index (κ3) is 3.03. The zero-order valence-electron chi connectivity index (χ0n) is 12.8. The summed E-state index contributed by atoms with van der Waals surface area (Å²) in [6.07, 6.45) is 2.09. The first-order valence-electron chi connectivity index (χ1n) is 7.40. The molecule has 1 saturated heterocycles. The van der Waals surface area contributed by atoms with Crippen molar-refractivity contribution in [2.24, 2.45) is 11.8 Å². The third-order valence-corrected chi connectivity index (χ3v) is 4.08. The van der Waals surface area contributed by atoms with Crippen LogP contribution in [-0.2, 0) is 6.54 Å². The van der Waals surface area contributed by atoms with Crippen LogP contribution in [-0.4, -0.2) is 44.9 Å². The maximum absolute atomic E-state index is 12.5. The van der Waals surface area contributed by atoms with Crippen molar-refractivity contribution in [3.8, 4) is 0 Å². The Labute approximate surface area is 120 Å². The molecule has 112 valence electrons. The number of amides is 1. The molecule has 2 heterocycles. The van der Waals surface area contributed by atoms with Gasteiger partial charge in [-0.1, -0.05) is 20.8 Å². The Morgan fingerprint density at radius 2 is 2.25 bits per heavy atom. The Morgan fingerprint density at radius 3 is 2.85 bits per heavy atom. The summed E-state index contributed by atoms with van der Waals surface area (Å²) in [5.41, 5.74) is 1.57. The molecule has 2 unspecified atom stereocenters. The average molecular weight is 279 g/mol. The van der Waals surface area contributed by atoms with Crippen LogP contribution in [0.25, 0.3) is 0 Å². The summed E-state index contributed by atoms with van der Waals surface area (Å²) in [5, 5.41) is 14.2. The minimum atomic E-state index is -0.418. The monoisotopic (exact) mass is 279 g/mol. The van der Waals surface area contributed by atoms with E-state index >= 15 is 0 Å². The number of piperidine rings is 1. The van der Waals surface area contributed by atoms with Crippen LogP contribution in [0.5, 0.6) is 0 Å². The van der Waals surface area contributed by atoms with E-state index in [1.807, 2.05) is 18.5 Å². The Kier molecular flexibility index (Phi) is 4.48. The van der Waals surface area contributed by atoms with E-state index in [2.05, 4.69) is 18.9 Å². The summed E-state index contributed by atoms with van der Waals surface area (Å²) in [7, 11) is 0. The van der Waals surface area contributed by atoms with Crippen molar-refractivity contribution in [2.75, 3.05) is 13.1 Å². The lowest BCUT2D eigenvalue weighted by Crippen LogP contribution is -2.45. The number of carbonyl (C=O) groups is 1. The van der Waals surface area contributed by atoms with E-state index in [-0.39, 0.29) is 11.8 Å². The topological polar surface area (TPSA) is 58.4 Å². The SMILES string of the molecule is Cc1c(C(=O)N2CCC(C)C(O)C2)cnn1CC(C)C. The molecule has 0 aromatic carbocycles. The Hall–Kier alpha value is -1.36. The molecule has 1 aromatic heterocycles. The number of likely N-dealkylation sites (tertiary alicyclic amines) is 1. The number of aliphatic hydroxyl groups is 1. The molecule has 0 spiro atoms. The highest BCUT2D eigenvalue weighted by atomic mass is 16.3. The van der Waals surface area contributed by atoms with Crippen LogP contribution < -0.4 is 0 Å². The number of aliphatic hydroxyl groups excluding tert-OH is 1. The molecule has 1 aliphatic rings. The Morgan fingerprint density at radius 1 is 1.55 bits per heavy atom. The molecule has 1 fully saturated rings. The molecule has 0 radical (unpaired) electrons. The summed E-state index contributed by atoms with van der Waals surface area (Å²) in [5.74, 6) is 0.751. The Balaban J connectivity index is 2.11. The van der Waals surface area contributed by atoms with Gasteiger partial charge in [0.1, 0.15) is 0 Å². The van der Waals surface area contributed by atoms with E-state index in [1.165, 1.54) is 0 Å². The van der Waals surface area contributed by atoms with Gasteiger partial charge in [0.05, 0.1) is 17.9 Å². The summed E-state index contributed by atoms with van der Waals surface area (Å²) < 4.78 is 1.89. The Bertz CT molecular complexity index is 481. The van der Waals surface area contributed by atoms with Crippen molar-refractivity contribution in [3.05, 3.63) is 17.5 Å².